The summed E-state index contributed by atoms with van der Waals surface area (Å²) in [5.74, 6) is -0.321. The molecular formula is C14H9BrClFO2. The Morgan fingerprint density at radius 3 is 2.53 bits per heavy atom. The van der Waals surface area contributed by atoms with Crippen LogP contribution in [0.3, 0.4) is 0 Å². The third kappa shape index (κ3) is 3.78. The van der Waals surface area contributed by atoms with Crippen molar-refractivity contribution in [3.8, 4) is 5.75 Å². The highest BCUT2D eigenvalue weighted by molar-refractivity contribution is 9.10. The second-order valence-electron chi connectivity index (χ2n) is 3.79. The second-order valence-corrected chi connectivity index (χ2v) is 5.12. The lowest BCUT2D eigenvalue weighted by molar-refractivity contribution is 0.0921. The number of benzene rings is 2. The van der Waals surface area contributed by atoms with Crippen LogP contribution >= 0.6 is 27.5 Å². The number of hydrogen-bond donors (Lipinski definition) is 0. The highest BCUT2D eigenvalue weighted by Crippen LogP contribution is 2.21. The van der Waals surface area contributed by atoms with Crippen LogP contribution in [0.5, 0.6) is 5.75 Å². The maximum atomic E-state index is 12.9. The molecule has 2 rings (SSSR count). The van der Waals surface area contributed by atoms with E-state index in [0.717, 1.165) is 4.47 Å². The zero-order valence-corrected chi connectivity index (χ0v) is 12.0. The predicted octanol–water partition coefficient (Wildman–Crippen LogP) is 4.50. The fourth-order valence-corrected chi connectivity index (χ4v) is 1.87. The molecule has 0 bridgehead atoms. The van der Waals surface area contributed by atoms with Crippen molar-refractivity contribution >= 4 is 33.3 Å². The zero-order valence-electron chi connectivity index (χ0n) is 9.70. The van der Waals surface area contributed by atoms with Crippen LogP contribution in [0, 0.1) is 5.82 Å². The minimum absolute atomic E-state index is 0.0337. The first kappa shape index (κ1) is 14.0. The Labute approximate surface area is 123 Å². The third-order valence-electron chi connectivity index (χ3n) is 2.43. The normalized spacial score (nSPS) is 10.3. The molecule has 2 aromatic carbocycles. The first-order chi connectivity index (χ1) is 9.06. The van der Waals surface area contributed by atoms with Gasteiger partial charge in [0.25, 0.3) is 0 Å². The summed E-state index contributed by atoms with van der Waals surface area (Å²) in [6.07, 6.45) is 0. The van der Waals surface area contributed by atoms with E-state index in [-0.39, 0.29) is 17.4 Å². The molecule has 0 fully saturated rings. The summed E-state index contributed by atoms with van der Waals surface area (Å²) in [5, 5.41) is -0.0337. The van der Waals surface area contributed by atoms with Gasteiger partial charge in [0.15, 0.2) is 12.4 Å². The van der Waals surface area contributed by atoms with Crippen LogP contribution in [0.4, 0.5) is 4.39 Å². The lowest BCUT2D eigenvalue weighted by atomic mass is 10.1. The molecular weight excluding hydrogens is 335 g/mol. The van der Waals surface area contributed by atoms with E-state index in [2.05, 4.69) is 15.9 Å². The van der Waals surface area contributed by atoms with Crippen LogP contribution < -0.4 is 4.74 Å². The molecule has 0 aromatic heterocycles. The summed E-state index contributed by atoms with van der Waals surface area (Å²) in [6.45, 7) is -0.121. The molecule has 5 heteroatoms. The Kier molecular flexibility index (Phi) is 4.56. The number of rotatable bonds is 4. The van der Waals surface area contributed by atoms with Crippen molar-refractivity contribution in [1.82, 2.24) is 0 Å². The molecule has 0 amide bonds. The molecule has 0 saturated carbocycles. The van der Waals surface area contributed by atoms with E-state index in [4.69, 9.17) is 16.3 Å². The SMILES string of the molecule is O=C(COc1ccc(F)c(Cl)c1)c1ccc(Br)cc1. The molecule has 98 valence electrons. The number of Topliss-reactive ketones (excluding diaryl/α,β-unsaturated/α-hetero) is 1. The van der Waals surface area contributed by atoms with Gasteiger partial charge in [-0.05, 0) is 24.3 Å². The van der Waals surface area contributed by atoms with Gasteiger partial charge in [0.1, 0.15) is 11.6 Å². The number of ketones is 1. The largest absolute Gasteiger partial charge is 0.485 e. The van der Waals surface area contributed by atoms with Gasteiger partial charge in [-0.25, -0.2) is 4.39 Å². The van der Waals surface area contributed by atoms with Gasteiger partial charge in [-0.15, -0.1) is 0 Å². The number of carbonyl (C=O) groups is 1. The summed E-state index contributed by atoms with van der Waals surface area (Å²) in [4.78, 5) is 11.8. The van der Waals surface area contributed by atoms with Gasteiger partial charge in [-0.3, -0.25) is 4.79 Å². The molecule has 0 N–H and O–H groups in total. The number of carbonyl (C=O) groups excluding carboxylic acids is 1. The maximum Gasteiger partial charge on any atom is 0.200 e. The number of halogens is 3. The van der Waals surface area contributed by atoms with E-state index in [0.29, 0.717) is 11.3 Å². The van der Waals surface area contributed by atoms with Crippen LogP contribution in [0.25, 0.3) is 0 Å². The summed E-state index contributed by atoms with van der Waals surface area (Å²) < 4.78 is 19.1. The van der Waals surface area contributed by atoms with E-state index in [9.17, 15) is 9.18 Å². The molecule has 0 aliphatic carbocycles. The highest BCUT2D eigenvalue weighted by atomic mass is 79.9. The van der Waals surface area contributed by atoms with Crippen LogP contribution in [0.2, 0.25) is 5.02 Å². The number of hydrogen-bond acceptors (Lipinski definition) is 2. The molecule has 0 unspecified atom stereocenters. The fraction of sp³-hybridized carbons (Fsp3) is 0.0714. The smallest absolute Gasteiger partial charge is 0.200 e. The van der Waals surface area contributed by atoms with Gasteiger partial charge in [0, 0.05) is 16.1 Å². The van der Waals surface area contributed by atoms with Gasteiger partial charge in [-0.1, -0.05) is 39.7 Å². The van der Waals surface area contributed by atoms with Gasteiger partial charge in [-0.2, -0.15) is 0 Å². The monoisotopic (exact) mass is 342 g/mol. The van der Waals surface area contributed by atoms with Crippen molar-refractivity contribution in [2.75, 3.05) is 6.61 Å². The van der Waals surface area contributed by atoms with Crippen LogP contribution in [-0.4, -0.2) is 12.4 Å². The molecule has 0 heterocycles. The Bertz CT molecular complexity index is 599. The second kappa shape index (κ2) is 6.17. The average molecular weight is 344 g/mol. The lowest BCUT2D eigenvalue weighted by Gasteiger charge is -2.06. The minimum Gasteiger partial charge on any atom is -0.485 e. The van der Waals surface area contributed by atoms with E-state index < -0.39 is 5.82 Å². The van der Waals surface area contributed by atoms with Crippen LogP contribution in [0.1, 0.15) is 10.4 Å². The molecule has 2 aromatic rings. The lowest BCUT2D eigenvalue weighted by Crippen LogP contribution is -2.11. The van der Waals surface area contributed by atoms with E-state index in [1.54, 1.807) is 24.3 Å². The Hall–Kier alpha value is -1.39. The van der Waals surface area contributed by atoms with Crippen molar-refractivity contribution in [1.29, 1.82) is 0 Å². The zero-order chi connectivity index (χ0) is 13.8. The average Bonchev–Trinajstić information content (AvgIpc) is 2.40. The standard InChI is InChI=1S/C14H9BrClFO2/c15-10-3-1-9(2-4-10)14(18)8-19-11-5-6-13(17)12(16)7-11/h1-7H,8H2. The minimum atomic E-state index is -0.520. The molecule has 0 aliphatic rings. The molecule has 0 radical (unpaired) electrons. The molecule has 0 saturated heterocycles. The highest BCUT2D eigenvalue weighted by Gasteiger charge is 2.08. The summed E-state index contributed by atoms with van der Waals surface area (Å²) >= 11 is 8.91. The van der Waals surface area contributed by atoms with E-state index in [1.165, 1.54) is 18.2 Å². The maximum absolute atomic E-state index is 12.9. The van der Waals surface area contributed by atoms with Crippen molar-refractivity contribution < 1.29 is 13.9 Å². The van der Waals surface area contributed by atoms with Gasteiger partial charge < -0.3 is 4.74 Å². The van der Waals surface area contributed by atoms with Gasteiger partial charge in [0.2, 0.25) is 0 Å². The van der Waals surface area contributed by atoms with Crippen molar-refractivity contribution in [3.63, 3.8) is 0 Å². The van der Waals surface area contributed by atoms with Crippen LogP contribution in [0.15, 0.2) is 46.9 Å². The van der Waals surface area contributed by atoms with Gasteiger partial charge in [0.05, 0.1) is 5.02 Å². The van der Waals surface area contributed by atoms with Gasteiger partial charge >= 0.3 is 0 Å². The first-order valence-corrected chi connectivity index (χ1v) is 6.60. The molecule has 2 nitrogen and oxygen atoms in total. The van der Waals surface area contributed by atoms with E-state index in [1.807, 2.05) is 0 Å². The third-order valence-corrected chi connectivity index (χ3v) is 3.25. The fourth-order valence-electron chi connectivity index (χ4n) is 1.43. The van der Waals surface area contributed by atoms with Crippen LogP contribution in [-0.2, 0) is 0 Å². The molecule has 0 spiro atoms. The number of ether oxygens (including phenoxy) is 1. The van der Waals surface area contributed by atoms with E-state index >= 15 is 0 Å². The van der Waals surface area contributed by atoms with Crippen molar-refractivity contribution in [2.45, 2.75) is 0 Å². The van der Waals surface area contributed by atoms with Crippen molar-refractivity contribution in [2.24, 2.45) is 0 Å². The van der Waals surface area contributed by atoms with Crippen molar-refractivity contribution in [3.05, 3.63) is 63.3 Å². The summed E-state index contributed by atoms with van der Waals surface area (Å²) in [5.41, 5.74) is 0.552. The molecule has 19 heavy (non-hydrogen) atoms. The summed E-state index contributed by atoms with van der Waals surface area (Å²) in [6, 6.07) is 10.9. The predicted molar refractivity (Wildman–Crippen MR) is 75.4 cm³/mol. The molecule has 0 aliphatic heterocycles. The Morgan fingerprint density at radius 2 is 1.89 bits per heavy atom. The Morgan fingerprint density at radius 1 is 1.21 bits per heavy atom. The summed E-state index contributed by atoms with van der Waals surface area (Å²) in [7, 11) is 0. The molecule has 0 atom stereocenters. The topological polar surface area (TPSA) is 26.3 Å². The quantitative estimate of drug-likeness (QED) is 0.764. The Balaban J connectivity index is 2.00. The first-order valence-electron chi connectivity index (χ1n) is 5.43.